The predicted octanol–water partition coefficient (Wildman–Crippen LogP) is 1.23. The van der Waals surface area contributed by atoms with E-state index in [0.717, 1.165) is 5.56 Å². The third-order valence-corrected chi connectivity index (χ3v) is 5.60. The van der Waals surface area contributed by atoms with Gasteiger partial charge in [0.15, 0.2) is 11.5 Å². The molecule has 2 aromatic rings. The fourth-order valence-corrected chi connectivity index (χ4v) is 3.93. The molecule has 1 aliphatic heterocycles. The Kier molecular flexibility index (Phi) is 5.49. The maximum Gasteiger partial charge on any atom is 0.211 e. The molecule has 0 aliphatic carbocycles. The van der Waals surface area contributed by atoms with Crippen LogP contribution in [0.4, 0.5) is 0 Å². The summed E-state index contributed by atoms with van der Waals surface area (Å²) in [7, 11) is -0.0545. The van der Waals surface area contributed by atoms with Crippen molar-refractivity contribution in [2.45, 2.75) is 12.6 Å². The lowest BCUT2D eigenvalue weighted by molar-refractivity contribution is -0.00979. The molecule has 9 heteroatoms. The minimum Gasteiger partial charge on any atom is -0.493 e. The van der Waals surface area contributed by atoms with E-state index in [-0.39, 0.29) is 6.10 Å². The average Bonchev–Trinajstić information content (AvgIpc) is 3.08. The highest BCUT2D eigenvalue weighted by Crippen LogP contribution is 2.37. The van der Waals surface area contributed by atoms with Crippen molar-refractivity contribution in [3.05, 3.63) is 30.6 Å². The molecule has 0 radical (unpaired) electrons. The number of rotatable bonds is 6. The van der Waals surface area contributed by atoms with E-state index < -0.39 is 10.0 Å². The highest BCUT2D eigenvalue weighted by Gasteiger charge is 2.27. The van der Waals surface area contributed by atoms with Crippen LogP contribution in [-0.4, -0.2) is 68.5 Å². The third-order valence-electron chi connectivity index (χ3n) is 4.33. The van der Waals surface area contributed by atoms with Crippen LogP contribution >= 0.6 is 0 Å². The number of para-hydroxylation sites is 1. The maximum absolute atomic E-state index is 11.8. The molecule has 0 spiro atoms. The SMILES string of the molecule is COc1cccc(-c2nccn2C[C@@H]2CN(S(C)(=O)=O)CCO2)c1OC. The highest BCUT2D eigenvalue weighted by molar-refractivity contribution is 7.88. The molecule has 0 amide bonds. The molecular weight excluding hydrogens is 358 g/mol. The first-order chi connectivity index (χ1) is 12.4. The molecule has 0 bridgehead atoms. The van der Waals surface area contributed by atoms with Crippen LogP contribution in [0.2, 0.25) is 0 Å². The van der Waals surface area contributed by atoms with E-state index in [1.807, 2.05) is 29.0 Å². The van der Waals surface area contributed by atoms with Crippen LogP contribution in [0, 0.1) is 0 Å². The number of methoxy groups -OCH3 is 2. The van der Waals surface area contributed by atoms with Crippen molar-refractivity contribution in [3.63, 3.8) is 0 Å². The van der Waals surface area contributed by atoms with Crippen molar-refractivity contribution >= 4 is 10.0 Å². The van der Waals surface area contributed by atoms with Gasteiger partial charge in [-0.3, -0.25) is 0 Å². The largest absolute Gasteiger partial charge is 0.493 e. The van der Waals surface area contributed by atoms with Gasteiger partial charge in [-0.05, 0) is 12.1 Å². The molecule has 26 heavy (non-hydrogen) atoms. The van der Waals surface area contributed by atoms with Crippen molar-refractivity contribution in [2.75, 3.05) is 40.2 Å². The van der Waals surface area contributed by atoms with Gasteiger partial charge in [-0.25, -0.2) is 13.4 Å². The Balaban J connectivity index is 1.86. The van der Waals surface area contributed by atoms with Gasteiger partial charge in [-0.1, -0.05) is 6.07 Å². The number of ether oxygens (including phenoxy) is 3. The van der Waals surface area contributed by atoms with E-state index in [9.17, 15) is 8.42 Å². The van der Waals surface area contributed by atoms with Crippen LogP contribution in [0.5, 0.6) is 11.5 Å². The molecular formula is C17H23N3O5S. The van der Waals surface area contributed by atoms with E-state index in [2.05, 4.69) is 4.98 Å². The second-order valence-electron chi connectivity index (χ2n) is 6.06. The number of nitrogens with zero attached hydrogens (tertiary/aromatic N) is 3. The second-order valence-corrected chi connectivity index (χ2v) is 8.04. The number of imidazole rings is 1. The molecule has 1 atom stereocenters. The fourth-order valence-electron chi connectivity index (χ4n) is 3.09. The lowest BCUT2D eigenvalue weighted by Gasteiger charge is -2.31. The van der Waals surface area contributed by atoms with Crippen LogP contribution in [0.25, 0.3) is 11.4 Å². The Bertz CT molecular complexity index is 865. The van der Waals surface area contributed by atoms with Crippen molar-refractivity contribution in [3.8, 4) is 22.9 Å². The van der Waals surface area contributed by atoms with Gasteiger partial charge in [0.25, 0.3) is 0 Å². The van der Waals surface area contributed by atoms with E-state index in [1.54, 1.807) is 20.4 Å². The number of hydrogen-bond acceptors (Lipinski definition) is 6. The molecule has 8 nitrogen and oxygen atoms in total. The van der Waals surface area contributed by atoms with Crippen LogP contribution in [0.1, 0.15) is 0 Å². The molecule has 0 unspecified atom stereocenters. The minimum atomic E-state index is -3.23. The van der Waals surface area contributed by atoms with E-state index in [1.165, 1.54) is 10.6 Å². The Morgan fingerprint density at radius 1 is 1.31 bits per heavy atom. The third kappa shape index (κ3) is 3.84. The lowest BCUT2D eigenvalue weighted by Crippen LogP contribution is -2.46. The van der Waals surface area contributed by atoms with Gasteiger partial charge in [-0.2, -0.15) is 4.31 Å². The number of morpholine rings is 1. The van der Waals surface area contributed by atoms with Crippen molar-refractivity contribution < 1.29 is 22.6 Å². The summed E-state index contributed by atoms with van der Waals surface area (Å²) in [6.45, 7) is 1.58. The average molecular weight is 381 g/mol. The Labute approximate surface area is 153 Å². The summed E-state index contributed by atoms with van der Waals surface area (Å²) in [5, 5.41) is 0. The maximum atomic E-state index is 11.8. The second kappa shape index (κ2) is 7.65. The normalized spacial score (nSPS) is 18.7. The molecule has 0 saturated carbocycles. The molecule has 0 N–H and O–H groups in total. The van der Waals surface area contributed by atoms with Gasteiger partial charge in [0, 0.05) is 25.5 Å². The summed E-state index contributed by atoms with van der Waals surface area (Å²) in [4.78, 5) is 4.44. The summed E-state index contributed by atoms with van der Waals surface area (Å²) >= 11 is 0. The Hall–Kier alpha value is -2.10. The molecule has 1 aromatic carbocycles. The summed E-state index contributed by atoms with van der Waals surface area (Å²) in [5.74, 6) is 1.93. The number of aromatic nitrogens is 2. The summed E-state index contributed by atoms with van der Waals surface area (Å²) < 4.78 is 43.6. The molecule has 3 rings (SSSR count). The van der Waals surface area contributed by atoms with Crippen molar-refractivity contribution in [2.24, 2.45) is 0 Å². The van der Waals surface area contributed by atoms with E-state index in [0.29, 0.717) is 43.6 Å². The zero-order valence-corrected chi connectivity index (χ0v) is 15.9. The first kappa shape index (κ1) is 18.7. The highest BCUT2D eigenvalue weighted by atomic mass is 32.2. The number of sulfonamides is 1. The molecule has 142 valence electrons. The fraction of sp³-hybridized carbons (Fsp3) is 0.471. The van der Waals surface area contributed by atoms with E-state index >= 15 is 0 Å². The Morgan fingerprint density at radius 2 is 2.12 bits per heavy atom. The topological polar surface area (TPSA) is 82.9 Å². The summed E-state index contributed by atoms with van der Waals surface area (Å²) in [5.41, 5.74) is 0.799. The summed E-state index contributed by atoms with van der Waals surface area (Å²) in [6.07, 6.45) is 4.52. The van der Waals surface area contributed by atoms with Gasteiger partial charge < -0.3 is 18.8 Å². The zero-order chi connectivity index (χ0) is 18.7. The quantitative estimate of drug-likeness (QED) is 0.748. The lowest BCUT2D eigenvalue weighted by atomic mass is 10.1. The zero-order valence-electron chi connectivity index (χ0n) is 15.1. The van der Waals surface area contributed by atoms with Crippen molar-refractivity contribution in [1.82, 2.24) is 13.9 Å². The van der Waals surface area contributed by atoms with Gasteiger partial charge >= 0.3 is 0 Å². The van der Waals surface area contributed by atoms with Gasteiger partial charge in [0.1, 0.15) is 5.82 Å². The molecule has 2 heterocycles. The van der Waals surface area contributed by atoms with Crippen LogP contribution < -0.4 is 9.47 Å². The molecule has 1 aliphatic rings. The minimum absolute atomic E-state index is 0.247. The van der Waals surface area contributed by atoms with Gasteiger partial charge in [0.2, 0.25) is 10.0 Å². The number of hydrogen-bond donors (Lipinski definition) is 0. The number of benzene rings is 1. The monoisotopic (exact) mass is 381 g/mol. The summed E-state index contributed by atoms with van der Waals surface area (Å²) in [6, 6.07) is 5.60. The van der Waals surface area contributed by atoms with Crippen molar-refractivity contribution in [1.29, 1.82) is 0 Å². The smallest absolute Gasteiger partial charge is 0.211 e. The van der Waals surface area contributed by atoms with Crippen LogP contribution in [-0.2, 0) is 21.3 Å². The van der Waals surface area contributed by atoms with Gasteiger partial charge in [-0.15, -0.1) is 0 Å². The van der Waals surface area contributed by atoms with E-state index in [4.69, 9.17) is 14.2 Å². The van der Waals surface area contributed by atoms with Crippen LogP contribution in [0.3, 0.4) is 0 Å². The first-order valence-electron chi connectivity index (χ1n) is 8.23. The molecule has 1 aromatic heterocycles. The standard InChI is InChI=1S/C17H23N3O5S/c1-23-15-6-4-5-14(16(15)24-2)17-18-7-8-19(17)11-13-12-20(9-10-25-13)26(3,21)22/h4-8,13H,9-12H2,1-3H3/t13-/m1/s1. The predicted molar refractivity (Wildman–Crippen MR) is 96.9 cm³/mol. The molecule has 1 saturated heterocycles. The van der Waals surface area contributed by atoms with Crippen LogP contribution in [0.15, 0.2) is 30.6 Å². The van der Waals surface area contributed by atoms with Gasteiger partial charge in [0.05, 0.1) is 45.3 Å². The molecule has 1 fully saturated rings. The Morgan fingerprint density at radius 3 is 2.81 bits per heavy atom. The first-order valence-corrected chi connectivity index (χ1v) is 10.1.